The third-order valence-electron chi connectivity index (χ3n) is 4.29. The molecule has 0 saturated heterocycles. The van der Waals surface area contributed by atoms with E-state index in [2.05, 4.69) is 10.6 Å². The number of nitrogens with one attached hydrogen (secondary N) is 2. The summed E-state index contributed by atoms with van der Waals surface area (Å²) in [6.45, 7) is 1.91. The van der Waals surface area contributed by atoms with Crippen LogP contribution >= 0.6 is 0 Å². The molecule has 0 heterocycles. The van der Waals surface area contributed by atoms with Crippen molar-refractivity contribution in [3.63, 3.8) is 0 Å². The van der Waals surface area contributed by atoms with Crippen LogP contribution in [0.4, 0.5) is 5.69 Å². The highest BCUT2D eigenvalue weighted by molar-refractivity contribution is 6.02. The number of ether oxygens (including phenoxy) is 1. The van der Waals surface area contributed by atoms with E-state index >= 15 is 0 Å². The van der Waals surface area contributed by atoms with Crippen LogP contribution in [0.1, 0.15) is 45.5 Å². The number of carboxylic acid groups (broad SMARTS) is 1. The van der Waals surface area contributed by atoms with E-state index in [1.54, 1.807) is 24.3 Å². The van der Waals surface area contributed by atoms with Crippen molar-refractivity contribution in [1.29, 1.82) is 0 Å². The van der Waals surface area contributed by atoms with Crippen LogP contribution in [0.2, 0.25) is 0 Å². The number of aryl methyl sites for hydroxylation is 1. The maximum Gasteiger partial charge on any atom is 0.305 e. The lowest BCUT2D eigenvalue weighted by Crippen LogP contribution is -2.25. The third kappa shape index (κ3) is 6.73. The van der Waals surface area contributed by atoms with E-state index in [4.69, 9.17) is 9.84 Å². The van der Waals surface area contributed by atoms with Gasteiger partial charge in [-0.25, -0.2) is 0 Å². The van der Waals surface area contributed by atoms with Crippen molar-refractivity contribution in [2.45, 2.75) is 26.2 Å². The predicted molar refractivity (Wildman–Crippen MR) is 111 cm³/mol. The molecule has 0 aliphatic rings. The molecule has 3 N–H and O–H groups in total. The number of benzene rings is 2. The Labute approximate surface area is 174 Å². The number of aliphatic carboxylic acids is 1. The average molecular weight is 412 g/mol. The van der Waals surface area contributed by atoms with Crippen molar-refractivity contribution in [1.82, 2.24) is 5.32 Å². The molecular formula is C22H24N2O6. The Morgan fingerprint density at radius 1 is 0.967 bits per heavy atom. The zero-order valence-electron chi connectivity index (χ0n) is 16.9. The molecule has 0 saturated carbocycles. The fourth-order valence-corrected chi connectivity index (χ4v) is 2.71. The highest BCUT2D eigenvalue weighted by Crippen LogP contribution is 2.22. The first kappa shape index (κ1) is 22.6. The standard InChI is InChI=1S/C22H24N2O6/c1-14-3-9-19(30-2)17(13-14)18(25)8-10-20(26)24-16-6-4-15(5-7-16)22(29)23-12-11-21(27)28/h3-7,9,13H,8,10-12H2,1-2H3,(H,23,29)(H,24,26)(H,27,28). The first-order chi connectivity index (χ1) is 14.3. The van der Waals surface area contributed by atoms with Gasteiger partial charge < -0.3 is 20.5 Å². The lowest BCUT2D eigenvalue weighted by Gasteiger charge is -2.09. The van der Waals surface area contributed by atoms with Crippen LogP contribution in [-0.4, -0.2) is 42.3 Å². The average Bonchev–Trinajstić information content (AvgIpc) is 2.72. The summed E-state index contributed by atoms with van der Waals surface area (Å²) in [5.74, 6) is -1.42. The van der Waals surface area contributed by atoms with E-state index in [1.807, 2.05) is 13.0 Å². The summed E-state index contributed by atoms with van der Waals surface area (Å²) in [7, 11) is 1.49. The monoisotopic (exact) mass is 412 g/mol. The lowest BCUT2D eigenvalue weighted by atomic mass is 10.0. The van der Waals surface area contributed by atoms with Gasteiger partial charge in [0.05, 0.1) is 19.1 Å². The SMILES string of the molecule is COc1ccc(C)cc1C(=O)CCC(=O)Nc1ccc(C(=O)NCCC(=O)O)cc1. The second-order valence-electron chi connectivity index (χ2n) is 6.65. The zero-order chi connectivity index (χ0) is 22.1. The molecule has 158 valence electrons. The summed E-state index contributed by atoms with van der Waals surface area (Å²) >= 11 is 0. The number of anilines is 1. The van der Waals surface area contributed by atoms with Crippen molar-refractivity contribution in [3.8, 4) is 5.75 Å². The van der Waals surface area contributed by atoms with Crippen molar-refractivity contribution < 1.29 is 29.0 Å². The van der Waals surface area contributed by atoms with Crippen molar-refractivity contribution >= 4 is 29.3 Å². The Kier molecular flexibility index (Phi) is 8.10. The normalized spacial score (nSPS) is 10.2. The van der Waals surface area contributed by atoms with Gasteiger partial charge in [0.15, 0.2) is 5.78 Å². The smallest absolute Gasteiger partial charge is 0.305 e. The summed E-state index contributed by atoms with van der Waals surface area (Å²) < 4.78 is 5.21. The predicted octanol–water partition coefficient (Wildman–Crippen LogP) is 2.81. The van der Waals surface area contributed by atoms with Crippen LogP contribution in [0, 0.1) is 6.92 Å². The molecular weight excluding hydrogens is 388 g/mol. The molecule has 0 unspecified atom stereocenters. The Hall–Kier alpha value is -3.68. The minimum Gasteiger partial charge on any atom is -0.496 e. The second kappa shape index (κ2) is 10.8. The van der Waals surface area contributed by atoms with Gasteiger partial charge in [-0.05, 0) is 43.3 Å². The van der Waals surface area contributed by atoms with Gasteiger partial charge in [-0.1, -0.05) is 11.6 Å². The Morgan fingerprint density at radius 3 is 2.30 bits per heavy atom. The summed E-state index contributed by atoms with van der Waals surface area (Å²) in [5.41, 5.74) is 2.21. The van der Waals surface area contributed by atoms with Gasteiger partial charge in [-0.15, -0.1) is 0 Å². The van der Waals surface area contributed by atoms with E-state index in [9.17, 15) is 19.2 Å². The summed E-state index contributed by atoms with van der Waals surface area (Å²) in [6, 6.07) is 11.5. The largest absolute Gasteiger partial charge is 0.496 e. The molecule has 0 bridgehead atoms. The number of hydrogen-bond donors (Lipinski definition) is 3. The molecule has 2 aromatic rings. The molecule has 0 fully saturated rings. The van der Waals surface area contributed by atoms with Crippen molar-refractivity contribution in [2.24, 2.45) is 0 Å². The quantitative estimate of drug-likeness (QED) is 0.516. The van der Waals surface area contributed by atoms with E-state index in [0.29, 0.717) is 22.6 Å². The topological polar surface area (TPSA) is 122 Å². The van der Waals surface area contributed by atoms with Gasteiger partial charge in [0.1, 0.15) is 5.75 Å². The summed E-state index contributed by atoms with van der Waals surface area (Å²) in [4.78, 5) is 47.0. The highest BCUT2D eigenvalue weighted by atomic mass is 16.5. The van der Waals surface area contributed by atoms with Crippen LogP contribution in [0.5, 0.6) is 5.75 Å². The van der Waals surface area contributed by atoms with Crippen LogP contribution in [-0.2, 0) is 9.59 Å². The van der Waals surface area contributed by atoms with Crippen molar-refractivity contribution in [3.05, 3.63) is 59.2 Å². The molecule has 0 spiro atoms. The fraction of sp³-hybridized carbons (Fsp3) is 0.273. The zero-order valence-corrected chi connectivity index (χ0v) is 16.9. The number of carboxylic acids is 1. The van der Waals surface area contributed by atoms with Crippen molar-refractivity contribution in [2.75, 3.05) is 19.0 Å². The van der Waals surface area contributed by atoms with Gasteiger partial charge in [-0.2, -0.15) is 0 Å². The van der Waals surface area contributed by atoms with Gasteiger partial charge in [0, 0.05) is 30.6 Å². The molecule has 0 aromatic heterocycles. The van der Waals surface area contributed by atoms with E-state index in [-0.39, 0.29) is 37.5 Å². The molecule has 8 nitrogen and oxygen atoms in total. The fourth-order valence-electron chi connectivity index (χ4n) is 2.71. The highest BCUT2D eigenvalue weighted by Gasteiger charge is 2.14. The maximum atomic E-state index is 12.4. The molecule has 2 rings (SSSR count). The number of carbonyl (C=O) groups excluding carboxylic acids is 3. The maximum absolute atomic E-state index is 12.4. The molecule has 30 heavy (non-hydrogen) atoms. The number of rotatable bonds is 10. The third-order valence-corrected chi connectivity index (χ3v) is 4.29. The van der Waals surface area contributed by atoms with Crippen LogP contribution in [0.15, 0.2) is 42.5 Å². The van der Waals surface area contributed by atoms with Gasteiger partial charge in [0.2, 0.25) is 5.91 Å². The first-order valence-corrected chi connectivity index (χ1v) is 9.38. The number of carbonyl (C=O) groups is 4. The molecule has 0 radical (unpaired) electrons. The summed E-state index contributed by atoms with van der Waals surface area (Å²) in [6.07, 6.45) is -0.115. The number of methoxy groups -OCH3 is 1. The van der Waals surface area contributed by atoms with Gasteiger partial charge in [-0.3, -0.25) is 19.2 Å². The summed E-state index contributed by atoms with van der Waals surface area (Å²) in [5, 5.41) is 13.8. The minimum atomic E-state index is -0.993. The second-order valence-corrected chi connectivity index (χ2v) is 6.65. The molecule has 8 heteroatoms. The molecule has 0 aliphatic heterocycles. The Bertz CT molecular complexity index is 937. The number of Topliss-reactive ketones (excluding diaryl/α,β-unsaturated/α-hetero) is 1. The minimum absolute atomic E-state index is 0.00730. The number of amides is 2. The first-order valence-electron chi connectivity index (χ1n) is 9.38. The van der Waals surface area contributed by atoms with Crippen LogP contribution in [0.25, 0.3) is 0 Å². The molecule has 2 amide bonds. The number of ketones is 1. The molecule has 2 aromatic carbocycles. The Balaban J connectivity index is 1.86. The van der Waals surface area contributed by atoms with Gasteiger partial charge in [0.25, 0.3) is 5.91 Å². The van der Waals surface area contributed by atoms with Crippen LogP contribution in [0.3, 0.4) is 0 Å². The van der Waals surface area contributed by atoms with E-state index in [0.717, 1.165) is 5.56 Å². The lowest BCUT2D eigenvalue weighted by molar-refractivity contribution is -0.136. The van der Waals surface area contributed by atoms with Crippen LogP contribution < -0.4 is 15.4 Å². The molecule has 0 atom stereocenters. The molecule has 0 aliphatic carbocycles. The van der Waals surface area contributed by atoms with E-state index < -0.39 is 11.9 Å². The Morgan fingerprint density at radius 2 is 1.67 bits per heavy atom. The number of hydrogen-bond acceptors (Lipinski definition) is 5. The van der Waals surface area contributed by atoms with E-state index in [1.165, 1.54) is 19.2 Å². The van der Waals surface area contributed by atoms with Gasteiger partial charge >= 0.3 is 5.97 Å².